The van der Waals surface area contributed by atoms with E-state index in [1.165, 1.54) is 6.20 Å². The molecule has 6 nitrogen and oxygen atoms in total. The van der Waals surface area contributed by atoms with Crippen molar-refractivity contribution in [2.45, 2.75) is 25.7 Å². The zero-order valence-corrected chi connectivity index (χ0v) is 10.9. The molecule has 0 aliphatic heterocycles. The first-order valence-corrected chi connectivity index (χ1v) is 6.29. The monoisotopic (exact) mass is 278 g/mol. The lowest BCUT2D eigenvalue weighted by Crippen LogP contribution is -2.16. The van der Waals surface area contributed by atoms with Crippen LogP contribution >= 0.6 is 11.6 Å². The second-order valence-electron chi connectivity index (χ2n) is 4.52. The molecule has 0 saturated heterocycles. The van der Waals surface area contributed by atoms with Gasteiger partial charge in [-0.1, -0.05) is 16.8 Å². The molecule has 7 heteroatoms. The molecule has 0 aromatic carbocycles. The van der Waals surface area contributed by atoms with Crippen molar-refractivity contribution in [3.63, 3.8) is 0 Å². The predicted molar refractivity (Wildman–Crippen MR) is 68.2 cm³/mol. The highest BCUT2D eigenvalue weighted by Gasteiger charge is 2.29. The summed E-state index contributed by atoms with van der Waals surface area (Å²) in [5.41, 5.74) is 1.80. The number of pyridine rings is 1. The molecule has 98 valence electrons. The Morgan fingerprint density at radius 2 is 2.26 bits per heavy atom. The SMILES string of the molecule is Cc1nonc1NC(=O)c1ncc(Cl)cc1C1CC1. The first kappa shape index (κ1) is 12.1. The Bertz CT molecular complexity index is 636. The van der Waals surface area contributed by atoms with Crippen molar-refractivity contribution in [2.75, 3.05) is 5.32 Å². The van der Waals surface area contributed by atoms with Gasteiger partial charge in [0.1, 0.15) is 11.4 Å². The number of aromatic nitrogens is 3. The summed E-state index contributed by atoms with van der Waals surface area (Å²) in [6.45, 7) is 1.70. The van der Waals surface area contributed by atoms with Crippen molar-refractivity contribution < 1.29 is 9.42 Å². The summed E-state index contributed by atoms with van der Waals surface area (Å²) in [5.74, 6) is 0.365. The Labute approximate surface area is 114 Å². The Balaban J connectivity index is 1.89. The molecule has 1 aliphatic rings. The van der Waals surface area contributed by atoms with Gasteiger partial charge < -0.3 is 5.32 Å². The smallest absolute Gasteiger partial charge is 0.275 e. The van der Waals surface area contributed by atoms with Crippen LogP contribution in [0.15, 0.2) is 16.9 Å². The van der Waals surface area contributed by atoms with Gasteiger partial charge in [0.15, 0.2) is 0 Å². The van der Waals surface area contributed by atoms with Gasteiger partial charge in [0.05, 0.1) is 5.02 Å². The molecule has 1 saturated carbocycles. The third-order valence-corrected chi connectivity index (χ3v) is 3.21. The van der Waals surface area contributed by atoms with Gasteiger partial charge in [0.25, 0.3) is 5.91 Å². The summed E-state index contributed by atoms with van der Waals surface area (Å²) in [6, 6.07) is 1.80. The molecule has 19 heavy (non-hydrogen) atoms. The molecule has 0 atom stereocenters. The lowest BCUT2D eigenvalue weighted by molar-refractivity contribution is 0.102. The molecule has 2 aromatic rings. The normalized spacial score (nSPS) is 14.4. The highest BCUT2D eigenvalue weighted by atomic mass is 35.5. The molecule has 1 aliphatic carbocycles. The van der Waals surface area contributed by atoms with Gasteiger partial charge in [-0.25, -0.2) is 9.61 Å². The van der Waals surface area contributed by atoms with Crippen LogP contribution in [-0.2, 0) is 0 Å². The van der Waals surface area contributed by atoms with Crippen LogP contribution in [-0.4, -0.2) is 21.2 Å². The molecule has 1 N–H and O–H groups in total. The Kier molecular flexibility index (Phi) is 2.94. The average Bonchev–Trinajstić information content (AvgIpc) is 3.15. The summed E-state index contributed by atoms with van der Waals surface area (Å²) in [5, 5.41) is 10.4. The van der Waals surface area contributed by atoms with E-state index in [1.54, 1.807) is 13.0 Å². The van der Waals surface area contributed by atoms with E-state index in [0.29, 0.717) is 28.1 Å². The van der Waals surface area contributed by atoms with E-state index < -0.39 is 0 Å². The van der Waals surface area contributed by atoms with E-state index in [0.717, 1.165) is 18.4 Å². The topological polar surface area (TPSA) is 80.9 Å². The lowest BCUT2D eigenvalue weighted by atomic mass is 10.1. The largest absolute Gasteiger partial charge is 0.301 e. The van der Waals surface area contributed by atoms with Crippen LogP contribution in [0, 0.1) is 6.92 Å². The molecule has 1 fully saturated rings. The second kappa shape index (κ2) is 4.62. The third-order valence-electron chi connectivity index (χ3n) is 3.00. The van der Waals surface area contributed by atoms with E-state index in [4.69, 9.17) is 11.6 Å². The molecule has 2 heterocycles. The fourth-order valence-corrected chi connectivity index (χ4v) is 2.03. The fraction of sp³-hybridized carbons (Fsp3) is 0.333. The number of halogens is 1. The van der Waals surface area contributed by atoms with Crippen LogP contribution < -0.4 is 5.32 Å². The van der Waals surface area contributed by atoms with Gasteiger partial charge in [0, 0.05) is 6.20 Å². The van der Waals surface area contributed by atoms with Crippen LogP contribution in [0.3, 0.4) is 0 Å². The quantitative estimate of drug-likeness (QED) is 0.933. The zero-order valence-electron chi connectivity index (χ0n) is 10.2. The Hall–Kier alpha value is -1.95. The van der Waals surface area contributed by atoms with E-state index >= 15 is 0 Å². The number of hydrogen-bond donors (Lipinski definition) is 1. The van der Waals surface area contributed by atoms with Crippen molar-refractivity contribution in [1.29, 1.82) is 0 Å². The fourth-order valence-electron chi connectivity index (χ4n) is 1.86. The van der Waals surface area contributed by atoms with Crippen LogP contribution in [0.5, 0.6) is 0 Å². The van der Waals surface area contributed by atoms with Crippen molar-refractivity contribution >= 4 is 23.3 Å². The summed E-state index contributed by atoms with van der Waals surface area (Å²) in [7, 11) is 0. The number of rotatable bonds is 3. The minimum absolute atomic E-state index is 0.309. The lowest BCUT2D eigenvalue weighted by Gasteiger charge is -2.07. The van der Waals surface area contributed by atoms with Gasteiger partial charge >= 0.3 is 0 Å². The molecule has 0 spiro atoms. The van der Waals surface area contributed by atoms with Gasteiger partial charge in [-0.3, -0.25) is 4.79 Å². The molecular formula is C12H11ClN4O2. The first-order chi connectivity index (χ1) is 9.15. The Morgan fingerprint density at radius 3 is 2.89 bits per heavy atom. The molecule has 0 bridgehead atoms. The van der Waals surface area contributed by atoms with E-state index in [9.17, 15) is 4.79 Å². The molecular weight excluding hydrogens is 268 g/mol. The summed E-state index contributed by atoms with van der Waals surface area (Å²) >= 11 is 5.93. The molecule has 0 unspecified atom stereocenters. The highest BCUT2D eigenvalue weighted by molar-refractivity contribution is 6.30. The van der Waals surface area contributed by atoms with Crippen molar-refractivity contribution in [3.8, 4) is 0 Å². The van der Waals surface area contributed by atoms with Gasteiger partial charge in [-0.15, -0.1) is 0 Å². The van der Waals surface area contributed by atoms with Gasteiger partial charge in [0.2, 0.25) is 5.82 Å². The van der Waals surface area contributed by atoms with Crippen molar-refractivity contribution in [3.05, 3.63) is 34.2 Å². The minimum atomic E-state index is -0.322. The molecule has 3 rings (SSSR count). The van der Waals surface area contributed by atoms with Crippen LogP contribution in [0.2, 0.25) is 5.02 Å². The minimum Gasteiger partial charge on any atom is -0.301 e. The number of aryl methyl sites for hydroxylation is 1. The van der Waals surface area contributed by atoms with E-state index in [-0.39, 0.29) is 5.91 Å². The van der Waals surface area contributed by atoms with Crippen LogP contribution in [0.4, 0.5) is 5.82 Å². The third kappa shape index (κ3) is 2.44. The first-order valence-electron chi connectivity index (χ1n) is 5.91. The summed E-state index contributed by atoms with van der Waals surface area (Å²) in [6.07, 6.45) is 3.59. The molecule has 2 aromatic heterocycles. The Morgan fingerprint density at radius 1 is 1.47 bits per heavy atom. The standard InChI is InChI=1S/C12H11ClN4O2/c1-6-11(17-19-16-6)15-12(18)10-9(7-2-3-7)4-8(13)5-14-10/h4-5,7H,2-3H2,1H3,(H,15,17,18). The average molecular weight is 279 g/mol. The van der Waals surface area contributed by atoms with Gasteiger partial charge in [-0.05, 0) is 42.5 Å². The van der Waals surface area contributed by atoms with Crippen molar-refractivity contribution in [1.82, 2.24) is 15.3 Å². The van der Waals surface area contributed by atoms with E-state index in [2.05, 4.69) is 25.2 Å². The maximum Gasteiger partial charge on any atom is 0.275 e. The highest BCUT2D eigenvalue weighted by Crippen LogP contribution is 2.42. The van der Waals surface area contributed by atoms with Crippen LogP contribution in [0.25, 0.3) is 0 Å². The van der Waals surface area contributed by atoms with Crippen LogP contribution in [0.1, 0.15) is 40.5 Å². The maximum absolute atomic E-state index is 12.2. The van der Waals surface area contributed by atoms with E-state index in [1.807, 2.05) is 0 Å². The number of carbonyl (C=O) groups excluding carboxylic acids is 1. The number of hydrogen-bond acceptors (Lipinski definition) is 5. The zero-order chi connectivity index (χ0) is 13.4. The number of anilines is 1. The predicted octanol–water partition coefficient (Wildman–Crippen LogP) is 2.56. The number of nitrogens with one attached hydrogen (secondary N) is 1. The van der Waals surface area contributed by atoms with Crippen molar-refractivity contribution in [2.24, 2.45) is 0 Å². The number of carbonyl (C=O) groups is 1. The molecule has 0 radical (unpaired) electrons. The number of amides is 1. The number of nitrogens with zero attached hydrogens (tertiary/aromatic N) is 3. The summed E-state index contributed by atoms with van der Waals surface area (Å²) in [4.78, 5) is 16.3. The molecule has 1 amide bonds. The van der Waals surface area contributed by atoms with Gasteiger partial charge in [-0.2, -0.15) is 0 Å². The second-order valence-corrected chi connectivity index (χ2v) is 4.95. The maximum atomic E-state index is 12.2. The summed E-state index contributed by atoms with van der Waals surface area (Å²) < 4.78 is 4.53.